The van der Waals surface area contributed by atoms with Crippen LogP contribution in [0, 0.1) is 17.7 Å². The van der Waals surface area contributed by atoms with Crippen molar-refractivity contribution >= 4 is 23.5 Å². The Balaban J connectivity index is 1.41. The van der Waals surface area contributed by atoms with Crippen LogP contribution in [0.15, 0.2) is 29.3 Å². The number of aliphatic imine (C=N–C) groups is 1. The number of carbonyl (C=O) groups is 2. The second-order valence-electron chi connectivity index (χ2n) is 8.08. The molecule has 2 atom stereocenters. The minimum absolute atomic E-state index is 0.101. The van der Waals surface area contributed by atoms with Crippen LogP contribution in [0.2, 0.25) is 0 Å². The summed E-state index contributed by atoms with van der Waals surface area (Å²) in [6.07, 6.45) is 0.374. The van der Waals surface area contributed by atoms with Gasteiger partial charge in [0, 0.05) is 65.0 Å². The van der Waals surface area contributed by atoms with E-state index in [0.29, 0.717) is 38.6 Å². The largest absolute Gasteiger partial charge is 0.469 e. The lowest BCUT2D eigenvalue weighted by molar-refractivity contribution is -0.146. The van der Waals surface area contributed by atoms with Crippen molar-refractivity contribution in [3.05, 3.63) is 30.1 Å². The summed E-state index contributed by atoms with van der Waals surface area (Å²) in [6.45, 7) is 6.55. The van der Waals surface area contributed by atoms with Gasteiger partial charge < -0.3 is 24.8 Å². The number of ether oxygens (including phenoxy) is 1. The molecular weight excluding hydrogens is 401 g/mol. The molecule has 0 bridgehead atoms. The summed E-state index contributed by atoms with van der Waals surface area (Å²) in [7, 11) is 3.12. The van der Waals surface area contributed by atoms with Crippen molar-refractivity contribution in [1.29, 1.82) is 0 Å². The Bertz CT molecular complexity index is 793. The van der Waals surface area contributed by atoms with Gasteiger partial charge in [0.15, 0.2) is 5.96 Å². The highest BCUT2D eigenvalue weighted by Crippen LogP contribution is 2.24. The molecule has 170 valence electrons. The Labute approximate surface area is 183 Å². The number of nitrogens with zero attached hydrogens (tertiary/aromatic N) is 4. The van der Waals surface area contributed by atoms with Gasteiger partial charge in [0.05, 0.1) is 13.0 Å². The third kappa shape index (κ3) is 5.65. The average molecular weight is 434 g/mol. The van der Waals surface area contributed by atoms with Crippen LogP contribution >= 0.6 is 0 Å². The fraction of sp³-hybridized carbons (Fsp3) is 0.591. The third-order valence-corrected chi connectivity index (χ3v) is 6.07. The Kier molecular flexibility index (Phi) is 7.70. The van der Waals surface area contributed by atoms with E-state index >= 15 is 0 Å². The Morgan fingerprint density at radius 3 is 2.42 bits per heavy atom. The van der Waals surface area contributed by atoms with Gasteiger partial charge in [-0.2, -0.15) is 0 Å². The van der Waals surface area contributed by atoms with Crippen LogP contribution in [0.3, 0.4) is 0 Å². The zero-order valence-electron chi connectivity index (χ0n) is 18.5. The van der Waals surface area contributed by atoms with Gasteiger partial charge in [0.2, 0.25) is 5.91 Å². The summed E-state index contributed by atoms with van der Waals surface area (Å²) >= 11 is 0. The number of benzene rings is 1. The van der Waals surface area contributed by atoms with E-state index in [2.05, 4.69) is 15.2 Å². The van der Waals surface area contributed by atoms with Crippen molar-refractivity contribution in [2.24, 2.45) is 16.8 Å². The van der Waals surface area contributed by atoms with Crippen molar-refractivity contribution in [1.82, 2.24) is 15.1 Å². The maximum absolute atomic E-state index is 13.1. The predicted octanol–water partition coefficient (Wildman–Crippen LogP) is 1.18. The summed E-state index contributed by atoms with van der Waals surface area (Å²) < 4.78 is 18.0. The summed E-state index contributed by atoms with van der Waals surface area (Å²) in [5.41, 5.74) is 0.976. The predicted molar refractivity (Wildman–Crippen MR) is 117 cm³/mol. The molecule has 2 saturated heterocycles. The lowest BCUT2D eigenvalue weighted by Gasteiger charge is -2.36. The van der Waals surface area contributed by atoms with E-state index < -0.39 is 0 Å². The van der Waals surface area contributed by atoms with E-state index in [0.717, 1.165) is 25.3 Å². The highest BCUT2D eigenvalue weighted by atomic mass is 19.1. The van der Waals surface area contributed by atoms with Crippen molar-refractivity contribution in [3.8, 4) is 0 Å². The van der Waals surface area contributed by atoms with E-state index in [1.165, 1.54) is 19.2 Å². The fourth-order valence-corrected chi connectivity index (χ4v) is 4.24. The molecule has 0 spiro atoms. The van der Waals surface area contributed by atoms with Crippen molar-refractivity contribution < 1.29 is 18.7 Å². The number of esters is 1. The summed E-state index contributed by atoms with van der Waals surface area (Å²) in [5, 5.41) is 3.25. The van der Waals surface area contributed by atoms with Gasteiger partial charge in [-0.1, -0.05) is 6.92 Å². The summed E-state index contributed by atoms with van der Waals surface area (Å²) in [6, 6.07) is 6.46. The molecule has 1 aromatic carbocycles. The first-order valence-corrected chi connectivity index (χ1v) is 10.7. The molecule has 2 heterocycles. The highest BCUT2D eigenvalue weighted by Gasteiger charge is 2.36. The zero-order valence-corrected chi connectivity index (χ0v) is 18.5. The second kappa shape index (κ2) is 10.5. The smallest absolute Gasteiger partial charge is 0.310 e. The molecule has 1 amide bonds. The van der Waals surface area contributed by atoms with Crippen LogP contribution in [0.5, 0.6) is 0 Å². The first-order valence-electron chi connectivity index (χ1n) is 10.7. The van der Waals surface area contributed by atoms with Crippen molar-refractivity contribution in [2.75, 3.05) is 64.9 Å². The molecular formula is C22H32FN5O3. The lowest BCUT2D eigenvalue weighted by Crippen LogP contribution is -2.49. The summed E-state index contributed by atoms with van der Waals surface area (Å²) in [4.78, 5) is 34.9. The lowest BCUT2D eigenvalue weighted by atomic mass is 9.99. The maximum Gasteiger partial charge on any atom is 0.310 e. The molecule has 1 N–H and O–H groups in total. The number of anilines is 1. The quantitative estimate of drug-likeness (QED) is 0.427. The first kappa shape index (κ1) is 22.8. The molecule has 31 heavy (non-hydrogen) atoms. The van der Waals surface area contributed by atoms with Gasteiger partial charge >= 0.3 is 5.97 Å². The van der Waals surface area contributed by atoms with E-state index in [1.807, 2.05) is 16.7 Å². The van der Waals surface area contributed by atoms with E-state index in [9.17, 15) is 14.0 Å². The number of guanidine groups is 1. The van der Waals surface area contributed by atoms with Crippen LogP contribution in [-0.2, 0) is 14.3 Å². The molecule has 9 heteroatoms. The third-order valence-electron chi connectivity index (χ3n) is 6.07. The van der Waals surface area contributed by atoms with Crippen LogP contribution in [0.1, 0.15) is 13.3 Å². The number of nitrogens with one attached hydrogen (secondary N) is 1. The number of methoxy groups -OCH3 is 1. The SMILES string of the molecule is CN=C(NCCC(=O)N1CCN(c2ccc(F)cc2)CC1)N1CC(C)C(C(=O)OC)C1. The molecule has 8 nitrogen and oxygen atoms in total. The first-order chi connectivity index (χ1) is 14.9. The topological polar surface area (TPSA) is 77.5 Å². The monoisotopic (exact) mass is 433 g/mol. The molecule has 0 aliphatic carbocycles. The van der Waals surface area contributed by atoms with Crippen LogP contribution < -0.4 is 10.2 Å². The Morgan fingerprint density at radius 2 is 1.81 bits per heavy atom. The molecule has 2 unspecified atom stereocenters. The zero-order chi connectivity index (χ0) is 22.4. The molecule has 2 fully saturated rings. The number of likely N-dealkylation sites (tertiary alicyclic amines) is 1. The van der Waals surface area contributed by atoms with E-state index in [-0.39, 0.29) is 29.5 Å². The fourth-order valence-electron chi connectivity index (χ4n) is 4.24. The Hall–Kier alpha value is -2.84. The number of hydrogen-bond donors (Lipinski definition) is 1. The van der Waals surface area contributed by atoms with Gasteiger partial charge in [-0.25, -0.2) is 4.39 Å². The van der Waals surface area contributed by atoms with Gasteiger partial charge in [-0.3, -0.25) is 14.6 Å². The number of carbonyl (C=O) groups excluding carboxylic acids is 2. The molecule has 0 aromatic heterocycles. The molecule has 2 aliphatic heterocycles. The molecule has 0 saturated carbocycles. The number of amides is 1. The minimum Gasteiger partial charge on any atom is -0.469 e. The van der Waals surface area contributed by atoms with Crippen LogP contribution in [-0.4, -0.2) is 87.6 Å². The number of halogens is 1. The molecule has 1 aromatic rings. The van der Waals surface area contributed by atoms with Gasteiger partial charge in [0.1, 0.15) is 5.82 Å². The van der Waals surface area contributed by atoms with Gasteiger partial charge in [-0.15, -0.1) is 0 Å². The maximum atomic E-state index is 13.1. The number of piperazine rings is 1. The normalized spacial score (nSPS) is 21.9. The number of rotatable bonds is 5. The standard InChI is InChI=1S/C22H32FN5O3/c1-16-14-28(15-19(16)21(30)31-3)22(24-2)25-9-8-20(29)27-12-10-26(11-13-27)18-6-4-17(23)5-7-18/h4-7,16,19H,8-15H2,1-3H3,(H,24,25). The van der Waals surface area contributed by atoms with E-state index in [1.54, 1.807) is 19.2 Å². The van der Waals surface area contributed by atoms with Crippen molar-refractivity contribution in [3.63, 3.8) is 0 Å². The van der Waals surface area contributed by atoms with E-state index in [4.69, 9.17) is 4.74 Å². The molecule has 2 aliphatic rings. The van der Waals surface area contributed by atoms with Crippen LogP contribution in [0.4, 0.5) is 10.1 Å². The summed E-state index contributed by atoms with van der Waals surface area (Å²) in [5.74, 6) is 0.383. The van der Waals surface area contributed by atoms with Crippen LogP contribution in [0.25, 0.3) is 0 Å². The molecule has 3 rings (SSSR count). The Morgan fingerprint density at radius 1 is 1.13 bits per heavy atom. The van der Waals surface area contributed by atoms with Gasteiger partial charge in [-0.05, 0) is 30.2 Å². The molecule has 0 radical (unpaired) electrons. The number of hydrogen-bond acceptors (Lipinski definition) is 5. The van der Waals surface area contributed by atoms with Crippen molar-refractivity contribution in [2.45, 2.75) is 13.3 Å². The average Bonchev–Trinajstić information content (AvgIpc) is 3.18. The van der Waals surface area contributed by atoms with Gasteiger partial charge in [0.25, 0.3) is 0 Å². The highest BCUT2D eigenvalue weighted by molar-refractivity contribution is 5.83. The minimum atomic E-state index is -0.246. The second-order valence-corrected chi connectivity index (χ2v) is 8.08.